The molecule has 0 aromatic carbocycles. The van der Waals surface area contributed by atoms with E-state index in [1.807, 2.05) is 24.3 Å². The molecule has 0 heterocycles. The molecule has 0 spiro atoms. The van der Waals surface area contributed by atoms with E-state index >= 15 is 0 Å². The molecule has 324 valence electrons. The SMILES string of the molecule is CCCCCCCCCCCCCCCCCCCCCC(=O)O[C@H](COC(=O)CCC/C=C\C[C@H]1C=CC(=O)[C@@H]1/C=C/[C@@H](O)CCCCC)COP(=O)(O)O. The highest BCUT2D eigenvalue weighted by molar-refractivity contribution is 7.46. The molecule has 0 bridgehead atoms. The third kappa shape index (κ3) is 31.0. The molecule has 1 aliphatic rings. The topological polar surface area (TPSA) is 157 Å². The van der Waals surface area contributed by atoms with Crippen LogP contribution in [0.25, 0.3) is 0 Å². The molecule has 3 N–H and O–H groups in total. The zero-order valence-corrected chi connectivity index (χ0v) is 36.0. The second kappa shape index (κ2) is 34.9. The van der Waals surface area contributed by atoms with Gasteiger partial charge in [0.1, 0.15) is 6.61 Å². The van der Waals surface area contributed by atoms with Gasteiger partial charge >= 0.3 is 19.8 Å². The van der Waals surface area contributed by atoms with Crippen molar-refractivity contribution in [3.8, 4) is 0 Å². The van der Waals surface area contributed by atoms with Crippen LogP contribution in [0.5, 0.6) is 0 Å². The Bertz CT molecular complexity index is 1150. The minimum atomic E-state index is -4.80. The van der Waals surface area contributed by atoms with E-state index < -0.39 is 38.6 Å². The number of esters is 2. The highest BCUT2D eigenvalue weighted by Crippen LogP contribution is 2.36. The van der Waals surface area contributed by atoms with Crippen LogP contribution in [0, 0.1) is 11.8 Å². The van der Waals surface area contributed by atoms with Crippen molar-refractivity contribution in [2.75, 3.05) is 13.2 Å². The summed E-state index contributed by atoms with van der Waals surface area (Å²) in [7, 11) is -4.80. The number of hydrogen-bond acceptors (Lipinski definition) is 8. The van der Waals surface area contributed by atoms with Crippen LogP contribution >= 0.6 is 7.82 Å². The Hall–Kier alpha value is -2.10. The van der Waals surface area contributed by atoms with Gasteiger partial charge in [-0.15, -0.1) is 0 Å². The van der Waals surface area contributed by atoms with E-state index in [1.54, 1.807) is 12.2 Å². The van der Waals surface area contributed by atoms with Crippen LogP contribution in [0.1, 0.15) is 194 Å². The van der Waals surface area contributed by atoms with Crippen LogP contribution in [-0.2, 0) is 32.9 Å². The average molecular weight is 811 g/mol. The van der Waals surface area contributed by atoms with Crippen LogP contribution in [0.2, 0.25) is 0 Å². The molecule has 0 amide bonds. The molecular weight excluding hydrogens is 731 g/mol. The molecule has 0 aromatic rings. The third-order valence-corrected chi connectivity index (χ3v) is 10.9. The van der Waals surface area contributed by atoms with Gasteiger partial charge in [-0.25, -0.2) is 4.57 Å². The molecular formula is C45H79O10P. The average Bonchev–Trinajstić information content (AvgIpc) is 3.52. The number of ketones is 1. The molecule has 1 aliphatic carbocycles. The van der Waals surface area contributed by atoms with Gasteiger partial charge in [0.15, 0.2) is 11.9 Å². The van der Waals surface area contributed by atoms with Crippen LogP contribution in [0.4, 0.5) is 0 Å². The van der Waals surface area contributed by atoms with E-state index in [0.717, 1.165) is 38.5 Å². The monoisotopic (exact) mass is 811 g/mol. The number of unbranched alkanes of at least 4 members (excludes halogenated alkanes) is 21. The first kappa shape index (κ1) is 51.9. The fourth-order valence-corrected chi connectivity index (χ4v) is 7.31. The largest absolute Gasteiger partial charge is 0.469 e. The van der Waals surface area contributed by atoms with Crippen molar-refractivity contribution < 1.29 is 47.8 Å². The van der Waals surface area contributed by atoms with Crippen molar-refractivity contribution in [2.45, 2.75) is 206 Å². The van der Waals surface area contributed by atoms with Crippen LogP contribution in [0.3, 0.4) is 0 Å². The second-order valence-corrected chi connectivity index (χ2v) is 16.9. The van der Waals surface area contributed by atoms with Crippen molar-refractivity contribution in [1.82, 2.24) is 0 Å². The fourth-order valence-electron chi connectivity index (χ4n) is 6.95. The second-order valence-electron chi connectivity index (χ2n) is 15.7. The number of rotatable bonds is 38. The number of carbonyl (C=O) groups is 3. The van der Waals surface area contributed by atoms with E-state index in [1.165, 1.54) is 96.3 Å². The summed E-state index contributed by atoms with van der Waals surface area (Å²) in [5.41, 5.74) is 0. The standard InChI is InChI=1S/C45H79O10P/c1-3-5-7-8-9-10-11-12-13-14-15-16-17-18-19-20-21-22-28-32-45(49)55-41(38-54-56(50,51)52)37-53-44(48)31-27-24-23-26-29-39-33-36-43(47)42(39)35-34-40(46)30-25-6-4-2/h23,26,33-36,39-42,46H,3-22,24-25,27-32,37-38H2,1-2H3,(H2,50,51,52)/b26-23-,35-34+/t39-,40-,41+,42+/m0/s1. The van der Waals surface area contributed by atoms with Gasteiger partial charge in [-0.1, -0.05) is 179 Å². The Balaban J connectivity index is 2.19. The smallest absolute Gasteiger partial charge is 0.462 e. The van der Waals surface area contributed by atoms with E-state index in [9.17, 15) is 24.1 Å². The zero-order chi connectivity index (χ0) is 41.1. The molecule has 10 nitrogen and oxygen atoms in total. The van der Waals surface area contributed by atoms with Gasteiger partial charge in [-0.2, -0.15) is 0 Å². The molecule has 0 fully saturated rings. The maximum absolute atomic E-state index is 12.5. The Labute approximate surface area is 339 Å². The van der Waals surface area contributed by atoms with E-state index in [-0.39, 0.29) is 37.1 Å². The Kier molecular flexibility index (Phi) is 32.4. The van der Waals surface area contributed by atoms with Gasteiger partial charge in [0.2, 0.25) is 0 Å². The molecule has 0 saturated carbocycles. The van der Waals surface area contributed by atoms with E-state index in [4.69, 9.17) is 19.3 Å². The van der Waals surface area contributed by atoms with Gasteiger partial charge in [-0.05, 0) is 44.1 Å². The number of allylic oxidation sites excluding steroid dienone is 5. The molecule has 0 aliphatic heterocycles. The Morgan fingerprint density at radius 1 is 0.714 bits per heavy atom. The normalized spacial score (nSPS) is 17.0. The summed E-state index contributed by atoms with van der Waals surface area (Å²) < 4.78 is 26.4. The predicted molar refractivity (Wildman–Crippen MR) is 225 cm³/mol. The summed E-state index contributed by atoms with van der Waals surface area (Å²) in [4.78, 5) is 55.4. The molecule has 0 radical (unpaired) electrons. The van der Waals surface area contributed by atoms with Crippen molar-refractivity contribution in [3.05, 3.63) is 36.5 Å². The molecule has 0 saturated heterocycles. The number of phosphoric acid groups is 1. The number of aliphatic hydroxyl groups excluding tert-OH is 1. The van der Waals surface area contributed by atoms with Gasteiger partial charge in [0, 0.05) is 18.8 Å². The quantitative estimate of drug-likeness (QED) is 0.0237. The summed E-state index contributed by atoms with van der Waals surface area (Å²) in [6.07, 6.45) is 39.2. The maximum atomic E-state index is 12.5. The minimum Gasteiger partial charge on any atom is -0.462 e. The van der Waals surface area contributed by atoms with E-state index in [0.29, 0.717) is 32.1 Å². The third-order valence-electron chi connectivity index (χ3n) is 10.4. The molecule has 0 unspecified atom stereocenters. The summed E-state index contributed by atoms with van der Waals surface area (Å²) in [5.74, 6) is -1.24. The molecule has 4 atom stereocenters. The van der Waals surface area contributed by atoms with Crippen molar-refractivity contribution in [2.24, 2.45) is 11.8 Å². The minimum absolute atomic E-state index is 0.0291. The van der Waals surface area contributed by atoms with Gasteiger partial charge in [-0.3, -0.25) is 18.9 Å². The summed E-state index contributed by atoms with van der Waals surface area (Å²) in [6.45, 7) is 3.44. The first-order chi connectivity index (χ1) is 27.1. The number of ether oxygens (including phenoxy) is 2. The highest BCUT2D eigenvalue weighted by atomic mass is 31.2. The van der Waals surface area contributed by atoms with E-state index in [2.05, 4.69) is 18.4 Å². The number of aliphatic hydroxyl groups is 1. The summed E-state index contributed by atoms with van der Waals surface area (Å²) in [5, 5.41) is 10.2. The Morgan fingerprint density at radius 3 is 1.79 bits per heavy atom. The van der Waals surface area contributed by atoms with Crippen LogP contribution in [-0.4, -0.2) is 58.0 Å². The Morgan fingerprint density at radius 2 is 1.23 bits per heavy atom. The molecule has 0 aromatic heterocycles. The highest BCUT2D eigenvalue weighted by Gasteiger charge is 2.27. The zero-order valence-electron chi connectivity index (χ0n) is 35.1. The lowest BCUT2D eigenvalue weighted by atomic mass is 9.90. The first-order valence-corrected chi connectivity index (χ1v) is 23.9. The first-order valence-electron chi connectivity index (χ1n) is 22.3. The van der Waals surface area contributed by atoms with Gasteiger partial charge in [0.05, 0.1) is 12.7 Å². The fraction of sp³-hybridized carbons (Fsp3) is 0.800. The number of carbonyl (C=O) groups excluding carboxylic acids is 3. The molecule has 1 rings (SSSR count). The number of hydrogen-bond donors (Lipinski definition) is 3. The van der Waals surface area contributed by atoms with Crippen molar-refractivity contribution in [3.63, 3.8) is 0 Å². The van der Waals surface area contributed by atoms with Crippen LogP contribution in [0.15, 0.2) is 36.5 Å². The van der Waals surface area contributed by atoms with Crippen molar-refractivity contribution >= 4 is 25.5 Å². The molecule has 56 heavy (non-hydrogen) atoms. The molecule has 11 heteroatoms. The lowest BCUT2D eigenvalue weighted by Gasteiger charge is -2.18. The predicted octanol–water partition coefficient (Wildman–Crippen LogP) is 11.4. The maximum Gasteiger partial charge on any atom is 0.469 e. The van der Waals surface area contributed by atoms with Crippen molar-refractivity contribution in [1.29, 1.82) is 0 Å². The van der Waals surface area contributed by atoms with Crippen LogP contribution < -0.4 is 0 Å². The number of phosphoric ester groups is 1. The summed E-state index contributed by atoms with van der Waals surface area (Å²) in [6, 6.07) is 0. The summed E-state index contributed by atoms with van der Waals surface area (Å²) >= 11 is 0. The lowest BCUT2D eigenvalue weighted by Crippen LogP contribution is -2.29. The van der Waals surface area contributed by atoms with Gasteiger partial charge < -0.3 is 24.4 Å². The van der Waals surface area contributed by atoms with Gasteiger partial charge in [0.25, 0.3) is 0 Å². The lowest BCUT2D eigenvalue weighted by molar-refractivity contribution is -0.161.